The van der Waals surface area contributed by atoms with Gasteiger partial charge in [-0.05, 0) is 36.5 Å². The largest absolute Gasteiger partial charge is 0.271 e. The number of hydrazine groups is 1. The highest BCUT2D eigenvalue weighted by atomic mass is 15.2. The molecule has 1 saturated carbocycles. The molecule has 1 heterocycles. The van der Waals surface area contributed by atoms with Crippen LogP contribution in [-0.4, -0.2) is 4.98 Å². The van der Waals surface area contributed by atoms with E-state index in [2.05, 4.69) is 34.7 Å². The summed E-state index contributed by atoms with van der Waals surface area (Å²) in [7, 11) is 0. The maximum absolute atomic E-state index is 5.86. The van der Waals surface area contributed by atoms with Gasteiger partial charge in [-0.15, -0.1) is 0 Å². The number of aromatic nitrogens is 1. The zero-order valence-electron chi connectivity index (χ0n) is 11.9. The molecule has 0 spiro atoms. The molecule has 3 nitrogen and oxygen atoms in total. The number of pyridine rings is 1. The van der Waals surface area contributed by atoms with E-state index in [-0.39, 0.29) is 6.04 Å². The minimum Gasteiger partial charge on any atom is -0.271 e. The van der Waals surface area contributed by atoms with E-state index in [0.29, 0.717) is 5.92 Å². The van der Waals surface area contributed by atoms with Gasteiger partial charge < -0.3 is 0 Å². The van der Waals surface area contributed by atoms with Gasteiger partial charge in [-0.2, -0.15) is 0 Å². The Kier molecular flexibility index (Phi) is 4.28. The van der Waals surface area contributed by atoms with Crippen molar-refractivity contribution in [3.8, 4) is 0 Å². The van der Waals surface area contributed by atoms with Crippen LogP contribution in [0, 0.1) is 5.92 Å². The van der Waals surface area contributed by atoms with Gasteiger partial charge in [0.15, 0.2) is 0 Å². The van der Waals surface area contributed by atoms with Crippen molar-refractivity contribution in [2.75, 3.05) is 0 Å². The quantitative estimate of drug-likeness (QED) is 0.507. The van der Waals surface area contributed by atoms with Crippen LogP contribution in [0.15, 0.2) is 36.5 Å². The third kappa shape index (κ3) is 2.84. The molecule has 0 aliphatic heterocycles. The van der Waals surface area contributed by atoms with E-state index in [4.69, 9.17) is 5.84 Å². The number of fused-ring (bicyclic) bond motifs is 1. The maximum atomic E-state index is 5.86. The highest BCUT2D eigenvalue weighted by Crippen LogP contribution is 2.33. The van der Waals surface area contributed by atoms with Crippen molar-refractivity contribution in [1.29, 1.82) is 0 Å². The Labute approximate surface area is 120 Å². The molecule has 1 unspecified atom stereocenters. The van der Waals surface area contributed by atoms with Crippen LogP contribution in [0.2, 0.25) is 0 Å². The van der Waals surface area contributed by atoms with Crippen molar-refractivity contribution in [1.82, 2.24) is 10.4 Å². The lowest BCUT2D eigenvalue weighted by Crippen LogP contribution is -2.33. The molecule has 3 N–H and O–H groups in total. The van der Waals surface area contributed by atoms with Gasteiger partial charge in [0.05, 0.1) is 5.52 Å². The first-order valence-corrected chi connectivity index (χ1v) is 7.69. The van der Waals surface area contributed by atoms with E-state index >= 15 is 0 Å². The van der Waals surface area contributed by atoms with E-state index in [0.717, 1.165) is 5.52 Å². The van der Waals surface area contributed by atoms with Gasteiger partial charge in [0.25, 0.3) is 0 Å². The van der Waals surface area contributed by atoms with E-state index in [1.165, 1.54) is 49.5 Å². The molecule has 106 valence electrons. The van der Waals surface area contributed by atoms with Gasteiger partial charge in [0.2, 0.25) is 0 Å². The molecule has 0 bridgehead atoms. The average molecular weight is 269 g/mol. The van der Waals surface area contributed by atoms with Gasteiger partial charge >= 0.3 is 0 Å². The molecular formula is C17H23N3. The first kappa shape index (κ1) is 13.5. The van der Waals surface area contributed by atoms with Gasteiger partial charge in [-0.25, -0.2) is 0 Å². The monoisotopic (exact) mass is 269 g/mol. The smallest absolute Gasteiger partial charge is 0.0705 e. The van der Waals surface area contributed by atoms with Crippen LogP contribution >= 0.6 is 0 Å². The van der Waals surface area contributed by atoms with E-state index in [1.54, 1.807) is 0 Å². The van der Waals surface area contributed by atoms with Crippen LogP contribution in [0.25, 0.3) is 10.9 Å². The zero-order chi connectivity index (χ0) is 13.8. The molecular weight excluding hydrogens is 246 g/mol. The molecule has 2 aromatic rings. The Bertz CT molecular complexity index is 559. The molecule has 3 heteroatoms. The molecule has 0 amide bonds. The van der Waals surface area contributed by atoms with Crippen LogP contribution in [0.3, 0.4) is 0 Å². The number of rotatable bonds is 3. The fraction of sp³-hybridized carbons (Fsp3) is 0.471. The second kappa shape index (κ2) is 6.33. The van der Waals surface area contributed by atoms with Crippen LogP contribution in [0.1, 0.15) is 50.1 Å². The first-order valence-electron chi connectivity index (χ1n) is 7.69. The first-order chi connectivity index (χ1) is 9.88. The summed E-state index contributed by atoms with van der Waals surface area (Å²) in [6.45, 7) is 0. The molecule has 0 saturated heterocycles. The molecule has 1 aromatic heterocycles. The average Bonchev–Trinajstić information content (AvgIpc) is 2.77. The number of hydrogen-bond acceptors (Lipinski definition) is 3. The Morgan fingerprint density at radius 2 is 1.90 bits per heavy atom. The minimum atomic E-state index is 0.250. The number of benzene rings is 1. The summed E-state index contributed by atoms with van der Waals surface area (Å²) in [6.07, 6.45) is 9.79. The topological polar surface area (TPSA) is 50.9 Å². The number of nitrogens with one attached hydrogen (secondary N) is 1. The van der Waals surface area contributed by atoms with Crippen molar-refractivity contribution in [3.05, 3.63) is 42.1 Å². The summed E-state index contributed by atoms with van der Waals surface area (Å²) in [5, 5.41) is 1.19. The molecule has 3 rings (SSSR count). The normalized spacial score (nSPS) is 18.9. The lowest BCUT2D eigenvalue weighted by Gasteiger charge is -2.26. The molecule has 1 atom stereocenters. The van der Waals surface area contributed by atoms with Crippen LogP contribution in [0.5, 0.6) is 0 Å². The van der Waals surface area contributed by atoms with Crippen molar-refractivity contribution in [2.45, 2.75) is 44.6 Å². The van der Waals surface area contributed by atoms with E-state index in [9.17, 15) is 0 Å². The van der Waals surface area contributed by atoms with Crippen LogP contribution in [-0.2, 0) is 0 Å². The summed E-state index contributed by atoms with van der Waals surface area (Å²) in [6, 6.07) is 10.9. The number of hydrogen-bond donors (Lipinski definition) is 2. The van der Waals surface area contributed by atoms with Crippen molar-refractivity contribution < 1.29 is 0 Å². The lowest BCUT2D eigenvalue weighted by atomic mass is 9.87. The molecule has 1 fully saturated rings. The second-order valence-electron chi connectivity index (χ2n) is 5.85. The second-order valence-corrected chi connectivity index (χ2v) is 5.85. The number of nitrogens with two attached hydrogens (primary N) is 1. The third-order valence-electron chi connectivity index (χ3n) is 4.54. The molecule has 20 heavy (non-hydrogen) atoms. The molecule has 1 aliphatic rings. The predicted octanol–water partition coefficient (Wildman–Crippen LogP) is 3.71. The predicted molar refractivity (Wildman–Crippen MR) is 83.0 cm³/mol. The fourth-order valence-corrected chi connectivity index (χ4v) is 3.43. The van der Waals surface area contributed by atoms with Crippen molar-refractivity contribution in [2.24, 2.45) is 11.8 Å². The van der Waals surface area contributed by atoms with Crippen LogP contribution < -0.4 is 11.3 Å². The Balaban J connectivity index is 1.89. The van der Waals surface area contributed by atoms with Gasteiger partial charge in [0, 0.05) is 17.6 Å². The zero-order valence-corrected chi connectivity index (χ0v) is 11.9. The van der Waals surface area contributed by atoms with Crippen molar-refractivity contribution >= 4 is 10.9 Å². The van der Waals surface area contributed by atoms with E-state index in [1.807, 2.05) is 12.3 Å². The third-order valence-corrected chi connectivity index (χ3v) is 4.54. The SMILES string of the molecule is NNC(c1ccc2cccnc2c1)C1CCCCCC1. The number of nitrogens with zero attached hydrogens (tertiary/aromatic N) is 1. The Hall–Kier alpha value is -1.45. The summed E-state index contributed by atoms with van der Waals surface area (Å²) >= 11 is 0. The van der Waals surface area contributed by atoms with Crippen LogP contribution in [0.4, 0.5) is 0 Å². The van der Waals surface area contributed by atoms with Gasteiger partial charge in [-0.1, -0.05) is 43.9 Å². The summed E-state index contributed by atoms with van der Waals surface area (Å²) in [5.41, 5.74) is 5.38. The highest BCUT2D eigenvalue weighted by Gasteiger charge is 2.23. The van der Waals surface area contributed by atoms with Crippen molar-refractivity contribution in [3.63, 3.8) is 0 Å². The maximum Gasteiger partial charge on any atom is 0.0705 e. The summed E-state index contributed by atoms with van der Waals surface area (Å²) in [4.78, 5) is 4.45. The summed E-state index contributed by atoms with van der Waals surface area (Å²) < 4.78 is 0. The van der Waals surface area contributed by atoms with Gasteiger partial charge in [-0.3, -0.25) is 16.3 Å². The lowest BCUT2D eigenvalue weighted by molar-refractivity contribution is 0.329. The minimum absolute atomic E-state index is 0.250. The molecule has 0 radical (unpaired) electrons. The van der Waals surface area contributed by atoms with E-state index < -0.39 is 0 Å². The molecule has 1 aromatic carbocycles. The standard InChI is InChI=1S/C17H23N3/c18-20-17(14-6-3-1-2-4-7-14)15-10-9-13-8-5-11-19-16(13)12-15/h5,8-12,14,17,20H,1-4,6-7,18H2. The Morgan fingerprint density at radius 1 is 1.10 bits per heavy atom. The highest BCUT2D eigenvalue weighted by molar-refractivity contribution is 5.79. The van der Waals surface area contributed by atoms with Gasteiger partial charge in [0.1, 0.15) is 0 Å². The summed E-state index contributed by atoms with van der Waals surface area (Å²) in [5.74, 6) is 6.50. The Morgan fingerprint density at radius 3 is 2.65 bits per heavy atom. The molecule has 1 aliphatic carbocycles. The fourth-order valence-electron chi connectivity index (χ4n) is 3.43.